The van der Waals surface area contributed by atoms with Gasteiger partial charge in [-0.05, 0) is 18.8 Å². The standard InChI is InChI=1S/C11H19NO4S/c1-8-2-4-11(5-3-8)6-10(13)16-9(11)7-17(12,14)15/h8-9H,2-7H2,1H3,(H2,12,14,15). The lowest BCUT2D eigenvalue weighted by Gasteiger charge is -2.38. The zero-order chi connectivity index (χ0) is 12.7. The molecule has 0 aromatic carbocycles. The highest BCUT2D eigenvalue weighted by molar-refractivity contribution is 7.89. The Kier molecular flexibility index (Phi) is 3.20. The molecule has 1 unspecified atom stereocenters. The van der Waals surface area contributed by atoms with Crippen molar-refractivity contribution in [1.82, 2.24) is 0 Å². The first-order valence-electron chi connectivity index (χ1n) is 6.01. The van der Waals surface area contributed by atoms with Gasteiger partial charge in [0, 0.05) is 5.41 Å². The summed E-state index contributed by atoms with van der Waals surface area (Å²) in [6, 6.07) is 0. The highest BCUT2D eigenvalue weighted by Gasteiger charge is 2.51. The summed E-state index contributed by atoms with van der Waals surface area (Å²) in [4.78, 5) is 11.4. The van der Waals surface area contributed by atoms with Crippen molar-refractivity contribution in [2.75, 3.05) is 5.75 Å². The number of hydrogen-bond acceptors (Lipinski definition) is 4. The minimum atomic E-state index is -3.60. The topological polar surface area (TPSA) is 86.5 Å². The number of sulfonamides is 1. The minimum absolute atomic E-state index is 0.243. The first-order valence-corrected chi connectivity index (χ1v) is 7.72. The molecule has 98 valence electrons. The van der Waals surface area contributed by atoms with Crippen LogP contribution in [0.15, 0.2) is 0 Å². The quantitative estimate of drug-likeness (QED) is 0.744. The number of ether oxygens (including phenoxy) is 1. The van der Waals surface area contributed by atoms with E-state index >= 15 is 0 Å². The summed E-state index contributed by atoms with van der Waals surface area (Å²) in [7, 11) is -3.60. The number of hydrogen-bond donors (Lipinski definition) is 1. The Morgan fingerprint density at radius 1 is 1.41 bits per heavy atom. The number of carbonyl (C=O) groups is 1. The number of cyclic esters (lactones) is 1. The number of rotatable bonds is 2. The molecule has 0 aromatic rings. The van der Waals surface area contributed by atoms with Crippen molar-refractivity contribution >= 4 is 16.0 Å². The van der Waals surface area contributed by atoms with Gasteiger partial charge in [-0.15, -0.1) is 0 Å². The number of esters is 1. The van der Waals surface area contributed by atoms with E-state index < -0.39 is 16.1 Å². The van der Waals surface area contributed by atoms with E-state index in [1.807, 2.05) is 0 Å². The lowest BCUT2D eigenvalue weighted by atomic mass is 9.67. The predicted octanol–water partition coefficient (Wildman–Crippen LogP) is 0.787. The van der Waals surface area contributed by atoms with Crippen molar-refractivity contribution in [1.29, 1.82) is 0 Å². The van der Waals surface area contributed by atoms with E-state index in [1.54, 1.807) is 0 Å². The molecule has 0 bridgehead atoms. The average Bonchev–Trinajstić information content (AvgIpc) is 2.46. The van der Waals surface area contributed by atoms with E-state index in [-0.39, 0.29) is 17.1 Å². The van der Waals surface area contributed by atoms with Crippen LogP contribution >= 0.6 is 0 Å². The Balaban J connectivity index is 2.16. The summed E-state index contributed by atoms with van der Waals surface area (Å²) < 4.78 is 27.5. The molecule has 1 saturated heterocycles. The van der Waals surface area contributed by atoms with E-state index in [0.29, 0.717) is 12.3 Å². The highest BCUT2D eigenvalue weighted by Crippen LogP contribution is 2.49. The molecule has 1 saturated carbocycles. The van der Waals surface area contributed by atoms with Crippen molar-refractivity contribution in [2.24, 2.45) is 16.5 Å². The van der Waals surface area contributed by atoms with Crippen LogP contribution in [0.2, 0.25) is 0 Å². The zero-order valence-electron chi connectivity index (χ0n) is 10.0. The second kappa shape index (κ2) is 4.24. The van der Waals surface area contributed by atoms with Crippen molar-refractivity contribution in [3.8, 4) is 0 Å². The maximum atomic E-state index is 11.4. The van der Waals surface area contributed by atoms with Crippen LogP contribution in [0.5, 0.6) is 0 Å². The van der Waals surface area contributed by atoms with E-state index in [4.69, 9.17) is 9.88 Å². The molecular formula is C11H19NO4S. The van der Waals surface area contributed by atoms with Crippen LogP contribution in [0.1, 0.15) is 39.0 Å². The first-order chi connectivity index (χ1) is 7.81. The summed E-state index contributed by atoms with van der Waals surface area (Å²) in [5, 5.41) is 5.06. The Morgan fingerprint density at radius 2 is 2.00 bits per heavy atom. The largest absolute Gasteiger partial charge is 0.461 e. The summed E-state index contributed by atoms with van der Waals surface area (Å²) in [6.07, 6.45) is 3.58. The van der Waals surface area contributed by atoms with Gasteiger partial charge in [0.2, 0.25) is 10.0 Å². The van der Waals surface area contributed by atoms with E-state index in [1.165, 1.54) is 0 Å². The molecule has 1 spiro atoms. The first kappa shape index (κ1) is 12.8. The third kappa shape index (κ3) is 2.80. The Bertz CT molecular complexity index is 409. The second-order valence-corrected chi connectivity index (χ2v) is 7.19. The molecule has 2 N–H and O–H groups in total. The van der Waals surface area contributed by atoms with Gasteiger partial charge in [-0.25, -0.2) is 13.6 Å². The summed E-state index contributed by atoms with van der Waals surface area (Å²) >= 11 is 0. The summed E-state index contributed by atoms with van der Waals surface area (Å²) in [5.74, 6) is 0.118. The third-order valence-corrected chi connectivity index (χ3v) is 4.87. The molecule has 6 heteroatoms. The van der Waals surface area contributed by atoms with Gasteiger partial charge in [0.1, 0.15) is 11.9 Å². The number of nitrogens with two attached hydrogens (primary N) is 1. The van der Waals surface area contributed by atoms with Gasteiger partial charge in [-0.3, -0.25) is 4.79 Å². The van der Waals surface area contributed by atoms with E-state index in [9.17, 15) is 13.2 Å². The number of carbonyl (C=O) groups excluding carboxylic acids is 1. The molecule has 1 aliphatic heterocycles. The van der Waals surface area contributed by atoms with Gasteiger partial charge < -0.3 is 4.74 Å². The molecule has 5 nitrogen and oxygen atoms in total. The zero-order valence-corrected chi connectivity index (χ0v) is 10.8. The SMILES string of the molecule is CC1CCC2(CC1)CC(=O)OC2CS(N)(=O)=O. The smallest absolute Gasteiger partial charge is 0.306 e. The Morgan fingerprint density at radius 3 is 2.53 bits per heavy atom. The normalized spacial score (nSPS) is 38.4. The molecule has 1 heterocycles. The average molecular weight is 261 g/mol. The van der Waals surface area contributed by atoms with Crippen molar-refractivity contribution in [2.45, 2.75) is 45.1 Å². The van der Waals surface area contributed by atoms with Gasteiger partial charge >= 0.3 is 5.97 Å². The molecule has 0 aromatic heterocycles. The molecular weight excluding hydrogens is 242 g/mol. The second-order valence-electron chi connectivity index (χ2n) is 5.53. The Labute approximate surface area is 102 Å². The van der Waals surface area contributed by atoms with Gasteiger partial charge in [0.25, 0.3) is 0 Å². The van der Waals surface area contributed by atoms with Crippen molar-refractivity contribution in [3.05, 3.63) is 0 Å². The third-order valence-electron chi connectivity index (χ3n) is 4.11. The molecule has 2 rings (SSSR count). The molecule has 2 fully saturated rings. The lowest BCUT2D eigenvalue weighted by Crippen LogP contribution is -2.40. The fraction of sp³-hybridized carbons (Fsp3) is 0.909. The molecule has 0 radical (unpaired) electrons. The van der Waals surface area contributed by atoms with Crippen LogP contribution in [-0.2, 0) is 19.6 Å². The van der Waals surface area contributed by atoms with Gasteiger partial charge in [-0.2, -0.15) is 0 Å². The van der Waals surface area contributed by atoms with Crippen LogP contribution in [0.4, 0.5) is 0 Å². The van der Waals surface area contributed by atoms with E-state index in [0.717, 1.165) is 25.7 Å². The highest BCUT2D eigenvalue weighted by atomic mass is 32.2. The monoisotopic (exact) mass is 261 g/mol. The molecule has 1 atom stereocenters. The molecule has 1 aliphatic carbocycles. The van der Waals surface area contributed by atoms with Gasteiger partial charge in [-0.1, -0.05) is 19.8 Å². The van der Waals surface area contributed by atoms with Gasteiger partial charge in [0.05, 0.1) is 6.42 Å². The maximum Gasteiger partial charge on any atom is 0.306 e. The summed E-state index contributed by atoms with van der Waals surface area (Å²) in [5.41, 5.74) is -0.282. The van der Waals surface area contributed by atoms with Gasteiger partial charge in [0.15, 0.2) is 0 Å². The molecule has 0 amide bonds. The minimum Gasteiger partial charge on any atom is -0.461 e. The van der Waals surface area contributed by atoms with Crippen LogP contribution < -0.4 is 5.14 Å². The van der Waals surface area contributed by atoms with Crippen LogP contribution in [-0.4, -0.2) is 26.2 Å². The summed E-state index contributed by atoms with van der Waals surface area (Å²) in [6.45, 7) is 2.18. The van der Waals surface area contributed by atoms with Crippen LogP contribution in [0, 0.1) is 11.3 Å². The fourth-order valence-corrected chi connectivity index (χ4v) is 3.83. The van der Waals surface area contributed by atoms with Crippen molar-refractivity contribution in [3.63, 3.8) is 0 Å². The van der Waals surface area contributed by atoms with E-state index in [2.05, 4.69) is 6.92 Å². The van der Waals surface area contributed by atoms with Crippen LogP contribution in [0.25, 0.3) is 0 Å². The lowest BCUT2D eigenvalue weighted by molar-refractivity contribution is -0.141. The van der Waals surface area contributed by atoms with Crippen LogP contribution in [0.3, 0.4) is 0 Å². The predicted molar refractivity (Wildman–Crippen MR) is 62.5 cm³/mol. The fourth-order valence-electron chi connectivity index (χ4n) is 2.98. The maximum absolute atomic E-state index is 11.4. The molecule has 17 heavy (non-hydrogen) atoms. The van der Waals surface area contributed by atoms with Crippen molar-refractivity contribution < 1.29 is 17.9 Å². The molecule has 2 aliphatic rings. The Hall–Kier alpha value is -0.620. The number of primary sulfonamides is 1.